The van der Waals surface area contributed by atoms with Gasteiger partial charge in [0.05, 0.1) is 13.2 Å². The normalized spacial score (nSPS) is 11.0. The lowest BCUT2D eigenvalue weighted by Crippen LogP contribution is -2.34. The largest absolute Gasteiger partial charge is 0.335 e. The fraction of sp³-hybridized carbons (Fsp3) is 0.636. The molecule has 0 radical (unpaired) electrons. The molecule has 0 aromatic carbocycles. The molecule has 0 bridgehead atoms. The van der Waals surface area contributed by atoms with Gasteiger partial charge in [-0.25, -0.2) is 0 Å². The summed E-state index contributed by atoms with van der Waals surface area (Å²) in [6.07, 6.45) is -0.330. The van der Waals surface area contributed by atoms with Crippen LogP contribution in [0.1, 0.15) is 13.8 Å². The van der Waals surface area contributed by atoms with Gasteiger partial charge in [0, 0.05) is 0 Å². The number of hydrogen-bond acceptors (Lipinski definition) is 3. The van der Waals surface area contributed by atoms with Crippen LogP contribution in [0.4, 0.5) is 0 Å². The summed E-state index contributed by atoms with van der Waals surface area (Å²) in [5.74, 6) is 0. The lowest BCUT2D eigenvalue weighted by atomic mass is 10.4. The van der Waals surface area contributed by atoms with Gasteiger partial charge in [-0.2, -0.15) is 0 Å². The van der Waals surface area contributed by atoms with Crippen molar-refractivity contribution < 1.29 is 9.47 Å². The average Bonchev–Trinajstić information content (AvgIpc) is 2.02. The van der Waals surface area contributed by atoms with E-state index < -0.39 is 0 Å². The molecule has 3 nitrogen and oxygen atoms in total. The van der Waals surface area contributed by atoms with E-state index in [9.17, 15) is 0 Å². The van der Waals surface area contributed by atoms with Crippen molar-refractivity contribution in [2.45, 2.75) is 20.3 Å². The van der Waals surface area contributed by atoms with Gasteiger partial charge in [0.1, 0.15) is 0 Å². The molecule has 0 saturated heterocycles. The predicted molar refractivity (Wildman–Crippen MR) is 59.0 cm³/mol. The molecule has 0 atom stereocenters. The van der Waals surface area contributed by atoms with Crippen LogP contribution in [0, 0.1) is 0 Å². The van der Waals surface area contributed by atoms with Crippen LogP contribution in [0.3, 0.4) is 0 Å². The Balaban J connectivity index is 3.89. The van der Waals surface area contributed by atoms with E-state index in [0.29, 0.717) is 13.2 Å². The van der Waals surface area contributed by atoms with Crippen molar-refractivity contribution in [2.75, 3.05) is 27.3 Å². The highest BCUT2D eigenvalue weighted by Crippen LogP contribution is 2.03. The Bertz CT molecular complexity index is 181. The second kappa shape index (κ2) is 6.76. The zero-order valence-electron chi connectivity index (χ0n) is 9.67. The molecule has 14 heavy (non-hydrogen) atoms. The van der Waals surface area contributed by atoms with Gasteiger partial charge in [0.2, 0.25) is 6.41 Å². The minimum Gasteiger partial charge on any atom is -0.335 e. The molecule has 0 spiro atoms. The Labute approximate surface area is 87.0 Å². The van der Waals surface area contributed by atoms with Gasteiger partial charge in [-0.1, -0.05) is 24.3 Å². The second-order valence-corrected chi connectivity index (χ2v) is 3.81. The molecule has 0 aromatic rings. The summed E-state index contributed by atoms with van der Waals surface area (Å²) in [5, 5.41) is 0. The molecule has 0 aromatic heterocycles. The lowest BCUT2D eigenvalue weighted by molar-refractivity contribution is -0.201. The van der Waals surface area contributed by atoms with Crippen LogP contribution in [0.5, 0.6) is 0 Å². The van der Waals surface area contributed by atoms with Gasteiger partial charge >= 0.3 is 0 Å². The van der Waals surface area contributed by atoms with E-state index >= 15 is 0 Å². The molecule has 0 aliphatic carbocycles. The van der Waals surface area contributed by atoms with Gasteiger partial charge in [-0.05, 0) is 27.9 Å². The molecule has 0 heterocycles. The maximum Gasteiger partial charge on any atom is 0.218 e. The summed E-state index contributed by atoms with van der Waals surface area (Å²) in [7, 11) is 3.81. The monoisotopic (exact) mass is 199 g/mol. The van der Waals surface area contributed by atoms with Gasteiger partial charge in [-0.15, -0.1) is 0 Å². The fourth-order valence-electron chi connectivity index (χ4n) is 0.773. The number of rotatable bonds is 7. The molecule has 0 aliphatic rings. The fourth-order valence-corrected chi connectivity index (χ4v) is 0.773. The number of hydrogen-bond donors (Lipinski definition) is 0. The summed E-state index contributed by atoms with van der Waals surface area (Å²) in [5.41, 5.74) is 1.96. The highest BCUT2D eigenvalue weighted by Gasteiger charge is 2.11. The first-order chi connectivity index (χ1) is 6.43. The maximum absolute atomic E-state index is 5.48. The topological polar surface area (TPSA) is 21.7 Å². The lowest BCUT2D eigenvalue weighted by Gasteiger charge is -2.24. The molecular formula is C11H21NO2. The Hall–Kier alpha value is -0.640. The van der Waals surface area contributed by atoms with Crippen LogP contribution in [0.25, 0.3) is 0 Å². The van der Waals surface area contributed by atoms with Crippen LogP contribution in [-0.4, -0.2) is 38.6 Å². The van der Waals surface area contributed by atoms with Crippen molar-refractivity contribution in [3.05, 3.63) is 24.3 Å². The molecular weight excluding hydrogens is 178 g/mol. The second-order valence-electron chi connectivity index (χ2n) is 3.81. The van der Waals surface area contributed by atoms with E-state index in [4.69, 9.17) is 9.47 Å². The molecule has 3 heteroatoms. The van der Waals surface area contributed by atoms with E-state index in [-0.39, 0.29) is 6.41 Å². The zero-order chi connectivity index (χ0) is 11.1. The Morgan fingerprint density at radius 3 is 1.64 bits per heavy atom. The van der Waals surface area contributed by atoms with Gasteiger partial charge in [-0.3, -0.25) is 4.90 Å². The number of ether oxygens (including phenoxy) is 2. The van der Waals surface area contributed by atoms with Crippen LogP contribution in [0.2, 0.25) is 0 Å². The molecule has 0 rings (SSSR count). The van der Waals surface area contributed by atoms with Gasteiger partial charge < -0.3 is 9.47 Å². The Morgan fingerprint density at radius 2 is 1.43 bits per heavy atom. The highest BCUT2D eigenvalue weighted by atomic mass is 16.7. The maximum atomic E-state index is 5.48. The Morgan fingerprint density at radius 1 is 1.07 bits per heavy atom. The van der Waals surface area contributed by atoms with E-state index in [2.05, 4.69) is 13.2 Å². The molecule has 82 valence electrons. The third kappa shape index (κ3) is 6.83. The Kier molecular flexibility index (Phi) is 6.45. The van der Waals surface area contributed by atoms with Crippen LogP contribution >= 0.6 is 0 Å². The summed E-state index contributed by atoms with van der Waals surface area (Å²) in [6, 6.07) is 0. The van der Waals surface area contributed by atoms with Crippen LogP contribution in [-0.2, 0) is 9.47 Å². The summed E-state index contributed by atoms with van der Waals surface area (Å²) < 4.78 is 11.0. The first-order valence-corrected chi connectivity index (χ1v) is 4.62. The smallest absolute Gasteiger partial charge is 0.218 e. The third-order valence-corrected chi connectivity index (χ3v) is 1.37. The van der Waals surface area contributed by atoms with Gasteiger partial charge in [0.15, 0.2) is 0 Å². The molecule has 0 amide bonds. The van der Waals surface area contributed by atoms with Crippen molar-refractivity contribution in [1.82, 2.24) is 4.90 Å². The van der Waals surface area contributed by atoms with Crippen molar-refractivity contribution in [3.63, 3.8) is 0 Å². The predicted octanol–water partition coefficient (Wildman–Crippen LogP) is 2.02. The third-order valence-electron chi connectivity index (χ3n) is 1.37. The van der Waals surface area contributed by atoms with Crippen LogP contribution in [0.15, 0.2) is 24.3 Å². The standard InChI is InChI=1S/C11H21NO2/c1-9(2)7-13-11(12(5)6)14-8-10(3)4/h11H,1,3,7-8H2,2,4-6H3. The average molecular weight is 199 g/mol. The van der Waals surface area contributed by atoms with E-state index in [1.165, 1.54) is 0 Å². The van der Waals surface area contributed by atoms with Crippen molar-refractivity contribution in [1.29, 1.82) is 0 Å². The SMILES string of the molecule is C=C(C)COC(OCC(=C)C)N(C)C. The summed E-state index contributed by atoms with van der Waals surface area (Å²) >= 11 is 0. The van der Waals surface area contributed by atoms with Crippen molar-refractivity contribution in [3.8, 4) is 0 Å². The highest BCUT2D eigenvalue weighted by molar-refractivity contribution is 4.88. The van der Waals surface area contributed by atoms with E-state index in [1.54, 1.807) is 0 Å². The summed E-state index contributed by atoms with van der Waals surface area (Å²) in [6.45, 7) is 12.4. The zero-order valence-corrected chi connectivity index (χ0v) is 9.67. The molecule has 0 saturated carbocycles. The molecule has 0 N–H and O–H groups in total. The quantitative estimate of drug-likeness (QED) is 0.462. The van der Waals surface area contributed by atoms with Crippen molar-refractivity contribution in [2.24, 2.45) is 0 Å². The first-order valence-electron chi connectivity index (χ1n) is 4.62. The number of nitrogens with zero attached hydrogens (tertiary/aromatic N) is 1. The van der Waals surface area contributed by atoms with E-state index in [0.717, 1.165) is 11.1 Å². The molecule has 0 fully saturated rings. The minimum absolute atomic E-state index is 0.330. The summed E-state index contributed by atoms with van der Waals surface area (Å²) in [4.78, 5) is 1.87. The van der Waals surface area contributed by atoms with Gasteiger partial charge in [0.25, 0.3) is 0 Å². The van der Waals surface area contributed by atoms with Crippen LogP contribution < -0.4 is 0 Å². The molecule has 0 unspecified atom stereocenters. The molecule has 0 aliphatic heterocycles. The first kappa shape index (κ1) is 13.4. The minimum atomic E-state index is -0.330. The van der Waals surface area contributed by atoms with Crippen molar-refractivity contribution >= 4 is 0 Å². The van der Waals surface area contributed by atoms with E-state index in [1.807, 2.05) is 32.8 Å².